The topological polar surface area (TPSA) is 46.3 Å². The molecule has 0 saturated carbocycles. The first kappa shape index (κ1) is 14.3. The first-order valence-corrected chi connectivity index (χ1v) is 7.37. The van der Waals surface area contributed by atoms with Gasteiger partial charge < -0.3 is 10.6 Å². The highest BCUT2D eigenvalue weighted by molar-refractivity contribution is 8.00. The third kappa shape index (κ3) is 3.70. The monoisotopic (exact) mass is 282 g/mol. The van der Waals surface area contributed by atoms with Crippen LogP contribution in [0, 0.1) is 11.2 Å². The molecular formula is C14H19FN2OS. The highest BCUT2D eigenvalue weighted by Gasteiger charge is 2.34. The van der Waals surface area contributed by atoms with Gasteiger partial charge in [-0.1, -0.05) is 6.92 Å². The summed E-state index contributed by atoms with van der Waals surface area (Å²) in [5.41, 5.74) is 5.80. The van der Waals surface area contributed by atoms with Crippen molar-refractivity contribution in [3.8, 4) is 0 Å². The van der Waals surface area contributed by atoms with Crippen molar-refractivity contribution >= 4 is 17.7 Å². The molecule has 104 valence electrons. The molecule has 2 rings (SSSR count). The van der Waals surface area contributed by atoms with Gasteiger partial charge in [0.25, 0.3) is 0 Å². The maximum atomic E-state index is 12.8. The van der Waals surface area contributed by atoms with E-state index in [2.05, 4.69) is 6.92 Å². The Bertz CT molecular complexity index is 451. The molecule has 5 heteroatoms. The fourth-order valence-corrected chi connectivity index (χ4v) is 2.97. The Balaban J connectivity index is 1.84. The van der Waals surface area contributed by atoms with Crippen molar-refractivity contribution in [2.24, 2.45) is 11.1 Å². The van der Waals surface area contributed by atoms with Crippen molar-refractivity contribution in [3.63, 3.8) is 0 Å². The van der Waals surface area contributed by atoms with Crippen molar-refractivity contribution in [2.45, 2.75) is 18.2 Å². The molecule has 1 atom stereocenters. The van der Waals surface area contributed by atoms with E-state index in [0.29, 0.717) is 12.3 Å². The summed E-state index contributed by atoms with van der Waals surface area (Å²) in [5.74, 6) is 0.271. The van der Waals surface area contributed by atoms with Crippen molar-refractivity contribution in [1.29, 1.82) is 0 Å². The van der Waals surface area contributed by atoms with Crippen LogP contribution in [0.3, 0.4) is 0 Å². The van der Waals surface area contributed by atoms with Crippen LogP contribution in [-0.2, 0) is 4.79 Å². The Morgan fingerprint density at radius 1 is 1.47 bits per heavy atom. The third-order valence-electron chi connectivity index (χ3n) is 3.58. The Morgan fingerprint density at radius 2 is 2.16 bits per heavy atom. The number of halogens is 1. The summed E-state index contributed by atoms with van der Waals surface area (Å²) in [5, 5.41) is 0. The lowest BCUT2D eigenvalue weighted by Gasteiger charge is -2.22. The van der Waals surface area contributed by atoms with Gasteiger partial charge in [-0.25, -0.2) is 4.39 Å². The minimum absolute atomic E-state index is 0.0657. The Hall–Kier alpha value is -1.07. The molecule has 19 heavy (non-hydrogen) atoms. The van der Waals surface area contributed by atoms with E-state index in [4.69, 9.17) is 5.73 Å². The van der Waals surface area contributed by atoms with Crippen LogP contribution in [0.15, 0.2) is 29.2 Å². The summed E-state index contributed by atoms with van der Waals surface area (Å²) < 4.78 is 12.8. The quantitative estimate of drug-likeness (QED) is 0.860. The molecule has 1 fully saturated rings. The summed E-state index contributed by atoms with van der Waals surface area (Å²) in [7, 11) is 0. The number of hydrogen-bond acceptors (Lipinski definition) is 3. The van der Waals surface area contributed by atoms with Crippen LogP contribution < -0.4 is 5.73 Å². The predicted octanol–water partition coefficient (Wildman–Crippen LogP) is 2.12. The average molecular weight is 282 g/mol. The first-order valence-electron chi connectivity index (χ1n) is 6.39. The molecule has 1 heterocycles. The lowest BCUT2D eigenvalue weighted by atomic mass is 9.90. The molecule has 3 nitrogen and oxygen atoms in total. The summed E-state index contributed by atoms with van der Waals surface area (Å²) in [6.07, 6.45) is 0.969. The number of amides is 1. The number of nitrogens with two attached hydrogens (primary N) is 1. The number of hydrogen-bond donors (Lipinski definition) is 1. The largest absolute Gasteiger partial charge is 0.341 e. The lowest BCUT2D eigenvalue weighted by molar-refractivity contribution is -0.127. The predicted molar refractivity (Wildman–Crippen MR) is 75.5 cm³/mol. The average Bonchev–Trinajstić information content (AvgIpc) is 2.81. The second kappa shape index (κ2) is 5.92. The van der Waals surface area contributed by atoms with E-state index >= 15 is 0 Å². The minimum atomic E-state index is -0.256. The highest BCUT2D eigenvalue weighted by atomic mass is 32.2. The van der Waals surface area contributed by atoms with Gasteiger partial charge in [0.05, 0.1) is 5.75 Å². The number of nitrogens with zero attached hydrogens (tertiary/aromatic N) is 1. The molecule has 1 aliphatic rings. The molecule has 2 N–H and O–H groups in total. The van der Waals surface area contributed by atoms with Crippen LogP contribution in [0.4, 0.5) is 4.39 Å². The van der Waals surface area contributed by atoms with Gasteiger partial charge in [0.1, 0.15) is 5.82 Å². The number of rotatable bonds is 4. The van der Waals surface area contributed by atoms with Crippen molar-refractivity contribution in [1.82, 2.24) is 4.90 Å². The normalized spacial score (nSPS) is 22.8. The summed E-state index contributed by atoms with van der Waals surface area (Å²) in [6.45, 7) is 4.26. The van der Waals surface area contributed by atoms with Crippen molar-refractivity contribution in [3.05, 3.63) is 30.1 Å². The second-order valence-corrected chi connectivity index (χ2v) is 6.37. The second-order valence-electron chi connectivity index (χ2n) is 5.32. The fraction of sp³-hybridized carbons (Fsp3) is 0.500. The van der Waals surface area contributed by atoms with Crippen LogP contribution in [0.1, 0.15) is 13.3 Å². The minimum Gasteiger partial charge on any atom is -0.341 e. The number of thioether (sulfide) groups is 1. The van der Waals surface area contributed by atoms with Gasteiger partial charge in [0.15, 0.2) is 0 Å². The molecule has 1 aromatic rings. The molecule has 0 spiro atoms. The maximum Gasteiger partial charge on any atom is 0.232 e. The van der Waals surface area contributed by atoms with E-state index in [1.807, 2.05) is 4.90 Å². The number of benzene rings is 1. The van der Waals surface area contributed by atoms with E-state index in [-0.39, 0.29) is 17.1 Å². The standard InChI is InChI=1S/C14H19FN2OS/c1-14(9-16)6-7-17(10-14)13(18)8-19-12-4-2-11(15)3-5-12/h2-5H,6-10,16H2,1H3. The molecule has 1 aromatic carbocycles. The van der Waals surface area contributed by atoms with Gasteiger partial charge in [-0.15, -0.1) is 11.8 Å². The molecule has 1 amide bonds. The SMILES string of the molecule is CC1(CN)CCN(C(=O)CSc2ccc(F)cc2)C1. The third-order valence-corrected chi connectivity index (χ3v) is 4.58. The van der Waals surface area contributed by atoms with E-state index < -0.39 is 0 Å². The molecule has 0 aromatic heterocycles. The molecule has 1 saturated heterocycles. The van der Waals surface area contributed by atoms with Crippen molar-refractivity contribution < 1.29 is 9.18 Å². The van der Waals surface area contributed by atoms with E-state index in [9.17, 15) is 9.18 Å². The van der Waals surface area contributed by atoms with Gasteiger partial charge >= 0.3 is 0 Å². The van der Waals surface area contributed by atoms with Gasteiger partial charge in [-0.3, -0.25) is 4.79 Å². The van der Waals surface area contributed by atoms with Gasteiger partial charge in [0.2, 0.25) is 5.91 Å². The number of carbonyl (C=O) groups excluding carboxylic acids is 1. The zero-order valence-electron chi connectivity index (χ0n) is 11.1. The smallest absolute Gasteiger partial charge is 0.232 e. The molecule has 1 aliphatic heterocycles. The van der Waals surface area contributed by atoms with Crippen LogP contribution >= 0.6 is 11.8 Å². The number of likely N-dealkylation sites (tertiary alicyclic amines) is 1. The Labute approximate surface area is 117 Å². The van der Waals surface area contributed by atoms with Crippen LogP contribution in [-0.4, -0.2) is 36.2 Å². The number of carbonyl (C=O) groups is 1. The highest BCUT2D eigenvalue weighted by Crippen LogP contribution is 2.29. The summed E-state index contributed by atoms with van der Waals surface area (Å²) in [4.78, 5) is 14.9. The summed E-state index contributed by atoms with van der Waals surface area (Å²) in [6, 6.07) is 6.21. The Kier molecular flexibility index (Phi) is 4.47. The zero-order valence-corrected chi connectivity index (χ0v) is 11.9. The Morgan fingerprint density at radius 3 is 2.74 bits per heavy atom. The van der Waals surface area contributed by atoms with Crippen LogP contribution in [0.5, 0.6) is 0 Å². The lowest BCUT2D eigenvalue weighted by Crippen LogP contribution is -2.35. The molecule has 0 aliphatic carbocycles. The van der Waals surface area contributed by atoms with E-state index in [1.165, 1.54) is 23.9 Å². The maximum absolute atomic E-state index is 12.8. The van der Waals surface area contributed by atoms with Gasteiger partial charge in [-0.05, 0) is 42.6 Å². The van der Waals surface area contributed by atoms with Crippen LogP contribution in [0.25, 0.3) is 0 Å². The molecular weight excluding hydrogens is 263 g/mol. The fourth-order valence-electron chi connectivity index (χ4n) is 2.17. The van der Waals surface area contributed by atoms with Gasteiger partial charge in [-0.2, -0.15) is 0 Å². The summed E-state index contributed by atoms with van der Waals surface area (Å²) >= 11 is 1.44. The molecule has 0 radical (unpaired) electrons. The van der Waals surface area contributed by atoms with E-state index in [0.717, 1.165) is 24.4 Å². The van der Waals surface area contributed by atoms with Gasteiger partial charge in [0, 0.05) is 18.0 Å². The van der Waals surface area contributed by atoms with Crippen molar-refractivity contribution in [2.75, 3.05) is 25.4 Å². The molecule has 1 unspecified atom stereocenters. The zero-order chi connectivity index (χ0) is 13.9. The first-order chi connectivity index (χ1) is 9.02. The van der Waals surface area contributed by atoms with Crippen LogP contribution in [0.2, 0.25) is 0 Å². The van der Waals surface area contributed by atoms with E-state index in [1.54, 1.807) is 12.1 Å². The molecule has 0 bridgehead atoms.